The molecular weight excluding hydrogens is 162 g/mol. The van der Waals surface area contributed by atoms with Gasteiger partial charge in [-0.15, -0.1) is 0 Å². The Morgan fingerprint density at radius 2 is 2.23 bits per heavy atom. The molecule has 1 N–H and O–H groups in total. The van der Waals surface area contributed by atoms with Crippen LogP contribution >= 0.6 is 0 Å². The Morgan fingerprint density at radius 1 is 1.46 bits per heavy atom. The lowest BCUT2D eigenvalue weighted by atomic mass is 10.0. The van der Waals surface area contributed by atoms with E-state index in [1.54, 1.807) is 6.20 Å². The van der Waals surface area contributed by atoms with Crippen molar-refractivity contribution in [3.8, 4) is 0 Å². The topological polar surface area (TPSA) is 33.1 Å². The van der Waals surface area contributed by atoms with Gasteiger partial charge in [0.05, 0.1) is 6.10 Å². The largest absolute Gasteiger partial charge is 0.388 e. The Morgan fingerprint density at radius 3 is 2.85 bits per heavy atom. The van der Waals surface area contributed by atoms with E-state index in [1.165, 1.54) is 0 Å². The van der Waals surface area contributed by atoms with Crippen LogP contribution in [0.4, 0.5) is 0 Å². The first-order chi connectivity index (χ1) is 6.29. The number of rotatable bonds is 4. The summed E-state index contributed by atoms with van der Waals surface area (Å²) in [7, 11) is 0. The van der Waals surface area contributed by atoms with Crippen LogP contribution in [0.15, 0.2) is 18.5 Å². The molecule has 0 saturated carbocycles. The summed E-state index contributed by atoms with van der Waals surface area (Å²) < 4.78 is 0. The highest BCUT2D eigenvalue weighted by Crippen LogP contribution is 2.21. The average Bonchev–Trinajstić information content (AvgIpc) is 2.18. The molecule has 0 bridgehead atoms. The molecule has 2 heteroatoms. The smallest absolute Gasteiger partial charge is 0.0793 e. The lowest BCUT2D eigenvalue weighted by Crippen LogP contribution is -2.01. The lowest BCUT2D eigenvalue weighted by molar-refractivity contribution is 0.165. The van der Waals surface area contributed by atoms with E-state index < -0.39 is 0 Å². The van der Waals surface area contributed by atoms with E-state index in [-0.39, 0.29) is 6.10 Å². The normalized spacial score (nSPS) is 12.8. The van der Waals surface area contributed by atoms with Crippen molar-refractivity contribution in [3.05, 3.63) is 29.6 Å². The third-order valence-electron chi connectivity index (χ3n) is 2.24. The molecule has 2 nitrogen and oxygen atoms in total. The standard InChI is InChI=1S/C11H17NO/c1-3-5-11(13)10-6-7-12-8-9(10)4-2/h6-8,11,13H,3-5H2,1-2H3. The van der Waals surface area contributed by atoms with Crippen LogP contribution in [0.2, 0.25) is 0 Å². The zero-order valence-electron chi connectivity index (χ0n) is 8.33. The summed E-state index contributed by atoms with van der Waals surface area (Å²) >= 11 is 0. The molecule has 1 rings (SSSR count). The van der Waals surface area contributed by atoms with Gasteiger partial charge in [0, 0.05) is 12.4 Å². The molecule has 0 fully saturated rings. The van der Waals surface area contributed by atoms with Crippen LogP contribution in [0.1, 0.15) is 43.9 Å². The summed E-state index contributed by atoms with van der Waals surface area (Å²) in [5.74, 6) is 0. The molecule has 0 aromatic carbocycles. The molecule has 1 unspecified atom stereocenters. The van der Waals surface area contributed by atoms with Gasteiger partial charge < -0.3 is 5.11 Å². The van der Waals surface area contributed by atoms with Gasteiger partial charge in [-0.25, -0.2) is 0 Å². The molecule has 0 aliphatic carbocycles. The third-order valence-corrected chi connectivity index (χ3v) is 2.24. The molecule has 0 aliphatic rings. The van der Waals surface area contributed by atoms with Crippen LogP contribution in [0.5, 0.6) is 0 Å². The summed E-state index contributed by atoms with van der Waals surface area (Å²) in [4.78, 5) is 4.05. The first-order valence-corrected chi connectivity index (χ1v) is 4.90. The predicted octanol–water partition coefficient (Wildman–Crippen LogP) is 2.48. The fraction of sp³-hybridized carbons (Fsp3) is 0.545. The number of aliphatic hydroxyl groups is 1. The fourth-order valence-corrected chi connectivity index (χ4v) is 1.49. The monoisotopic (exact) mass is 179 g/mol. The molecule has 1 atom stereocenters. The highest BCUT2D eigenvalue weighted by Gasteiger charge is 2.09. The van der Waals surface area contributed by atoms with Crippen molar-refractivity contribution in [2.24, 2.45) is 0 Å². The number of aryl methyl sites for hydroxylation is 1. The van der Waals surface area contributed by atoms with Gasteiger partial charge in [-0.05, 0) is 30.0 Å². The van der Waals surface area contributed by atoms with E-state index in [0.29, 0.717) is 0 Å². The van der Waals surface area contributed by atoms with E-state index in [0.717, 1.165) is 30.4 Å². The highest BCUT2D eigenvalue weighted by atomic mass is 16.3. The molecule has 13 heavy (non-hydrogen) atoms. The quantitative estimate of drug-likeness (QED) is 0.770. The van der Waals surface area contributed by atoms with E-state index >= 15 is 0 Å². The van der Waals surface area contributed by atoms with Crippen molar-refractivity contribution >= 4 is 0 Å². The average molecular weight is 179 g/mol. The van der Waals surface area contributed by atoms with Crippen LogP contribution in [-0.4, -0.2) is 10.1 Å². The van der Waals surface area contributed by atoms with E-state index in [4.69, 9.17) is 0 Å². The van der Waals surface area contributed by atoms with Crippen molar-refractivity contribution < 1.29 is 5.11 Å². The molecule has 0 spiro atoms. The maximum atomic E-state index is 9.80. The van der Waals surface area contributed by atoms with Crippen molar-refractivity contribution in [2.45, 2.75) is 39.2 Å². The summed E-state index contributed by atoms with van der Waals surface area (Å²) in [5.41, 5.74) is 2.20. The Kier molecular flexibility index (Phi) is 3.90. The van der Waals surface area contributed by atoms with Crippen LogP contribution in [0.25, 0.3) is 0 Å². The molecule has 0 amide bonds. The number of pyridine rings is 1. The Labute approximate surface area is 79.6 Å². The van der Waals surface area contributed by atoms with E-state index in [2.05, 4.69) is 18.8 Å². The van der Waals surface area contributed by atoms with Gasteiger partial charge in [0.15, 0.2) is 0 Å². The number of nitrogens with zero attached hydrogens (tertiary/aromatic N) is 1. The van der Waals surface area contributed by atoms with Crippen molar-refractivity contribution in [1.82, 2.24) is 4.98 Å². The summed E-state index contributed by atoms with van der Waals surface area (Å²) in [5, 5.41) is 9.80. The van der Waals surface area contributed by atoms with Gasteiger partial charge in [-0.2, -0.15) is 0 Å². The second-order valence-corrected chi connectivity index (χ2v) is 3.23. The maximum absolute atomic E-state index is 9.80. The molecule has 72 valence electrons. The summed E-state index contributed by atoms with van der Waals surface area (Å²) in [6.45, 7) is 4.16. The number of aliphatic hydroxyl groups excluding tert-OH is 1. The van der Waals surface area contributed by atoms with Crippen molar-refractivity contribution in [3.63, 3.8) is 0 Å². The van der Waals surface area contributed by atoms with E-state index in [1.807, 2.05) is 12.3 Å². The summed E-state index contributed by atoms with van der Waals surface area (Å²) in [6.07, 6.45) is 6.04. The molecule has 1 aromatic heterocycles. The van der Waals surface area contributed by atoms with Gasteiger partial charge in [0.25, 0.3) is 0 Å². The minimum absolute atomic E-state index is 0.317. The van der Waals surface area contributed by atoms with Gasteiger partial charge in [-0.3, -0.25) is 4.98 Å². The molecule has 0 aliphatic heterocycles. The van der Waals surface area contributed by atoms with E-state index in [9.17, 15) is 5.11 Å². The molecule has 0 radical (unpaired) electrons. The third kappa shape index (κ3) is 2.52. The first-order valence-electron chi connectivity index (χ1n) is 4.90. The van der Waals surface area contributed by atoms with Gasteiger partial charge in [0.1, 0.15) is 0 Å². The Hall–Kier alpha value is -0.890. The van der Waals surface area contributed by atoms with Gasteiger partial charge >= 0.3 is 0 Å². The molecule has 0 saturated heterocycles. The van der Waals surface area contributed by atoms with Gasteiger partial charge in [0.2, 0.25) is 0 Å². The number of hydrogen-bond acceptors (Lipinski definition) is 2. The minimum atomic E-state index is -0.317. The first kappa shape index (κ1) is 10.2. The summed E-state index contributed by atoms with van der Waals surface area (Å²) in [6, 6.07) is 1.92. The Bertz CT molecular complexity index is 260. The minimum Gasteiger partial charge on any atom is -0.388 e. The zero-order chi connectivity index (χ0) is 9.68. The fourth-order valence-electron chi connectivity index (χ4n) is 1.49. The maximum Gasteiger partial charge on any atom is 0.0793 e. The molecule has 1 aromatic rings. The molecule has 1 heterocycles. The van der Waals surface area contributed by atoms with Crippen LogP contribution in [0, 0.1) is 0 Å². The van der Waals surface area contributed by atoms with Crippen LogP contribution < -0.4 is 0 Å². The number of aromatic nitrogens is 1. The van der Waals surface area contributed by atoms with Crippen molar-refractivity contribution in [2.75, 3.05) is 0 Å². The Balaban J connectivity index is 2.85. The highest BCUT2D eigenvalue weighted by molar-refractivity contribution is 5.25. The molecular formula is C11H17NO. The number of hydrogen-bond donors (Lipinski definition) is 1. The van der Waals surface area contributed by atoms with Crippen LogP contribution in [0.3, 0.4) is 0 Å². The van der Waals surface area contributed by atoms with Crippen molar-refractivity contribution in [1.29, 1.82) is 0 Å². The SMILES string of the molecule is CCCC(O)c1ccncc1CC. The second kappa shape index (κ2) is 4.97. The predicted molar refractivity (Wildman–Crippen MR) is 53.5 cm³/mol. The lowest BCUT2D eigenvalue weighted by Gasteiger charge is -2.12. The zero-order valence-corrected chi connectivity index (χ0v) is 8.33. The van der Waals surface area contributed by atoms with Gasteiger partial charge in [-0.1, -0.05) is 20.3 Å². The second-order valence-electron chi connectivity index (χ2n) is 3.23. The van der Waals surface area contributed by atoms with Crippen LogP contribution in [-0.2, 0) is 6.42 Å².